The standard InChI is InChI=1S/C5H11NO3/c1-4(5(7)8)9-3-2-6/h4H,2-3,6H2,1H3,(H,7,8)/t4-/m0/s1. The van der Waals surface area contributed by atoms with E-state index in [1.165, 1.54) is 6.92 Å². The number of rotatable bonds is 4. The lowest BCUT2D eigenvalue weighted by Crippen LogP contribution is -2.23. The molecule has 0 radical (unpaired) electrons. The van der Waals surface area contributed by atoms with Gasteiger partial charge in [-0.1, -0.05) is 0 Å². The summed E-state index contributed by atoms with van der Waals surface area (Å²) in [6, 6.07) is 0. The van der Waals surface area contributed by atoms with Crippen LogP contribution >= 0.6 is 0 Å². The number of aliphatic carboxylic acids is 1. The van der Waals surface area contributed by atoms with Crippen LogP contribution in [-0.2, 0) is 9.53 Å². The highest BCUT2D eigenvalue weighted by Crippen LogP contribution is 1.87. The van der Waals surface area contributed by atoms with Gasteiger partial charge in [-0.2, -0.15) is 0 Å². The molecule has 3 N–H and O–H groups in total. The van der Waals surface area contributed by atoms with Gasteiger partial charge in [0.1, 0.15) is 0 Å². The molecule has 0 aliphatic rings. The van der Waals surface area contributed by atoms with Gasteiger partial charge in [0.05, 0.1) is 6.61 Å². The van der Waals surface area contributed by atoms with Crippen molar-refractivity contribution in [3.8, 4) is 0 Å². The average Bonchev–Trinajstić information content (AvgIpc) is 1.82. The first-order valence-electron chi connectivity index (χ1n) is 2.73. The molecule has 0 aromatic rings. The largest absolute Gasteiger partial charge is 0.479 e. The van der Waals surface area contributed by atoms with Gasteiger partial charge in [-0.3, -0.25) is 0 Å². The van der Waals surface area contributed by atoms with Gasteiger partial charge in [-0.15, -0.1) is 0 Å². The molecule has 0 fully saturated rings. The number of ether oxygens (including phenoxy) is 1. The minimum Gasteiger partial charge on any atom is -0.479 e. The summed E-state index contributed by atoms with van der Waals surface area (Å²) in [6.07, 6.45) is -0.742. The first kappa shape index (κ1) is 8.39. The van der Waals surface area contributed by atoms with Crippen molar-refractivity contribution in [2.75, 3.05) is 13.2 Å². The molecule has 0 saturated carbocycles. The average molecular weight is 133 g/mol. The van der Waals surface area contributed by atoms with E-state index >= 15 is 0 Å². The Balaban J connectivity index is 3.27. The zero-order valence-corrected chi connectivity index (χ0v) is 5.33. The fourth-order valence-corrected chi connectivity index (χ4v) is 0.316. The molecule has 4 heteroatoms. The van der Waals surface area contributed by atoms with Crippen molar-refractivity contribution < 1.29 is 14.6 Å². The Hall–Kier alpha value is -0.610. The SMILES string of the molecule is C[C@H](OCCN)C(=O)O. The summed E-state index contributed by atoms with van der Waals surface area (Å²) in [5, 5.41) is 8.24. The van der Waals surface area contributed by atoms with Crippen LogP contribution in [0.1, 0.15) is 6.92 Å². The van der Waals surface area contributed by atoms with Gasteiger partial charge in [0.2, 0.25) is 0 Å². The highest BCUT2D eigenvalue weighted by Gasteiger charge is 2.08. The Morgan fingerprint density at radius 3 is 2.78 bits per heavy atom. The van der Waals surface area contributed by atoms with E-state index in [1.54, 1.807) is 0 Å². The zero-order valence-electron chi connectivity index (χ0n) is 5.33. The summed E-state index contributed by atoms with van der Waals surface area (Å²) in [6.45, 7) is 2.13. The molecule has 0 unspecified atom stereocenters. The molecular formula is C5H11NO3. The third kappa shape index (κ3) is 3.93. The highest BCUT2D eigenvalue weighted by atomic mass is 16.5. The van der Waals surface area contributed by atoms with Crippen molar-refractivity contribution in [3.63, 3.8) is 0 Å². The second kappa shape index (κ2) is 4.29. The van der Waals surface area contributed by atoms with E-state index in [2.05, 4.69) is 0 Å². The normalized spacial score (nSPS) is 13.1. The Kier molecular flexibility index (Phi) is 4.00. The van der Waals surface area contributed by atoms with Crippen LogP contribution in [0, 0.1) is 0 Å². The fraction of sp³-hybridized carbons (Fsp3) is 0.800. The Labute approximate surface area is 53.6 Å². The molecular weight excluding hydrogens is 122 g/mol. The predicted molar refractivity (Wildman–Crippen MR) is 32.1 cm³/mol. The number of hydrogen-bond acceptors (Lipinski definition) is 3. The minimum absolute atomic E-state index is 0.299. The smallest absolute Gasteiger partial charge is 0.332 e. The van der Waals surface area contributed by atoms with E-state index in [1.807, 2.05) is 0 Å². The third-order valence-corrected chi connectivity index (χ3v) is 0.833. The zero-order chi connectivity index (χ0) is 7.28. The molecule has 0 heterocycles. The molecule has 54 valence electrons. The van der Waals surface area contributed by atoms with Crippen molar-refractivity contribution in [1.29, 1.82) is 0 Å². The quantitative estimate of drug-likeness (QED) is 0.539. The van der Waals surface area contributed by atoms with Gasteiger partial charge < -0.3 is 15.6 Å². The van der Waals surface area contributed by atoms with Crippen LogP contribution < -0.4 is 5.73 Å². The molecule has 4 nitrogen and oxygen atoms in total. The molecule has 0 aromatic carbocycles. The van der Waals surface area contributed by atoms with Crippen molar-refractivity contribution in [2.45, 2.75) is 13.0 Å². The number of hydrogen-bond donors (Lipinski definition) is 2. The summed E-state index contributed by atoms with van der Waals surface area (Å²) >= 11 is 0. The van der Waals surface area contributed by atoms with Gasteiger partial charge in [-0.05, 0) is 6.92 Å². The van der Waals surface area contributed by atoms with Crippen LogP contribution in [0.4, 0.5) is 0 Å². The monoisotopic (exact) mass is 133 g/mol. The van der Waals surface area contributed by atoms with Crippen LogP contribution in [0.5, 0.6) is 0 Å². The van der Waals surface area contributed by atoms with Gasteiger partial charge in [0.15, 0.2) is 6.10 Å². The summed E-state index contributed by atoms with van der Waals surface area (Å²) < 4.78 is 4.73. The molecule has 9 heavy (non-hydrogen) atoms. The van der Waals surface area contributed by atoms with E-state index in [4.69, 9.17) is 15.6 Å². The molecule has 0 aromatic heterocycles. The number of carbonyl (C=O) groups is 1. The predicted octanol–water partition coefficient (Wildman–Crippen LogP) is -0.565. The van der Waals surface area contributed by atoms with Crippen molar-refractivity contribution >= 4 is 5.97 Å². The lowest BCUT2D eigenvalue weighted by molar-refractivity contribution is -0.148. The summed E-state index contributed by atoms with van der Waals surface area (Å²) in [5.74, 6) is -0.955. The second-order valence-electron chi connectivity index (χ2n) is 1.64. The maximum atomic E-state index is 10.0. The van der Waals surface area contributed by atoms with Crippen LogP contribution in [0.25, 0.3) is 0 Å². The number of carboxylic acid groups (broad SMARTS) is 1. The second-order valence-corrected chi connectivity index (χ2v) is 1.64. The summed E-state index contributed by atoms with van der Waals surface area (Å²) in [5.41, 5.74) is 5.06. The van der Waals surface area contributed by atoms with Gasteiger partial charge >= 0.3 is 5.97 Å². The van der Waals surface area contributed by atoms with E-state index in [0.29, 0.717) is 13.2 Å². The Morgan fingerprint density at radius 2 is 2.44 bits per heavy atom. The topological polar surface area (TPSA) is 72.5 Å². The molecule has 0 aliphatic heterocycles. The molecule has 0 bridgehead atoms. The van der Waals surface area contributed by atoms with E-state index < -0.39 is 12.1 Å². The van der Waals surface area contributed by atoms with E-state index in [0.717, 1.165) is 0 Å². The van der Waals surface area contributed by atoms with Gasteiger partial charge in [0.25, 0.3) is 0 Å². The van der Waals surface area contributed by atoms with Crippen molar-refractivity contribution in [2.24, 2.45) is 5.73 Å². The van der Waals surface area contributed by atoms with Crippen LogP contribution in [-0.4, -0.2) is 30.3 Å². The van der Waals surface area contributed by atoms with Crippen molar-refractivity contribution in [1.82, 2.24) is 0 Å². The molecule has 0 rings (SSSR count). The summed E-state index contributed by atoms with van der Waals surface area (Å²) in [4.78, 5) is 10.0. The van der Waals surface area contributed by atoms with Gasteiger partial charge in [0, 0.05) is 6.54 Å². The van der Waals surface area contributed by atoms with Gasteiger partial charge in [-0.25, -0.2) is 4.79 Å². The van der Waals surface area contributed by atoms with Crippen molar-refractivity contribution in [3.05, 3.63) is 0 Å². The lowest BCUT2D eigenvalue weighted by Gasteiger charge is -2.05. The Morgan fingerprint density at radius 1 is 1.89 bits per heavy atom. The lowest BCUT2D eigenvalue weighted by atomic mass is 10.4. The van der Waals surface area contributed by atoms with Crippen LogP contribution in [0.2, 0.25) is 0 Å². The number of nitrogens with two attached hydrogens (primary N) is 1. The third-order valence-electron chi connectivity index (χ3n) is 0.833. The molecule has 0 aliphatic carbocycles. The Bertz CT molecular complexity index is 94.2. The van der Waals surface area contributed by atoms with E-state index in [9.17, 15) is 4.79 Å². The first-order valence-corrected chi connectivity index (χ1v) is 2.73. The van der Waals surface area contributed by atoms with Crippen LogP contribution in [0.3, 0.4) is 0 Å². The van der Waals surface area contributed by atoms with Crippen LogP contribution in [0.15, 0.2) is 0 Å². The molecule has 0 saturated heterocycles. The highest BCUT2D eigenvalue weighted by molar-refractivity contribution is 5.71. The first-order chi connectivity index (χ1) is 4.18. The maximum Gasteiger partial charge on any atom is 0.332 e. The maximum absolute atomic E-state index is 10.0. The van der Waals surface area contributed by atoms with E-state index in [-0.39, 0.29) is 0 Å². The molecule has 1 atom stereocenters. The summed E-state index contributed by atoms with van der Waals surface area (Å²) in [7, 11) is 0. The molecule has 0 amide bonds. The number of carboxylic acids is 1. The fourth-order valence-electron chi connectivity index (χ4n) is 0.316. The molecule has 0 spiro atoms. The minimum atomic E-state index is -0.955.